The third kappa shape index (κ3) is 2.17. The Kier molecular flexibility index (Phi) is 2.91. The molecule has 2 unspecified atom stereocenters. The Bertz CT molecular complexity index is 439. The molecule has 5 N–H and O–H groups in total. The van der Waals surface area contributed by atoms with E-state index >= 15 is 0 Å². The molecule has 1 fully saturated rings. The minimum atomic E-state index is -1.06. The fourth-order valence-corrected chi connectivity index (χ4v) is 1.96. The van der Waals surface area contributed by atoms with Gasteiger partial charge < -0.3 is 26.0 Å². The maximum Gasteiger partial charge on any atom is 0.337 e. The lowest BCUT2D eigenvalue weighted by Gasteiger charge is -2.20. The van der Waals surface area contributed by atoms with Crippen molar-refractivity contribution in [1.82, 2.24) is 0 Å². The molecule has 6 nitrogen and oxygen atoms in total. The first-order chi connectivity index (χ1) is 7.99. The van der Waals surface area contributed by atoms with E-state index in [1.54, 1.807) is 4.90 Å². The number of rotatable bonds is 2. The van der Waals surface area contributed by atoms with Crippen molar-refractivity contribution < 1.29 is 20.1 Å². The number of carboxylic acids is 1. The standard InChI is InChI=1S/C11H14N2O4/c12-6-1-2-7(11(16)17)8(3-6)13-4-9(14)10(15)5-13/h1-3,9-10,14-15H,4-5,12H2,(H,16,17). The van der Waals surface area contributed by atoms with Gasteiger partial charge in [-0.05, 0) is 18.2 Å². The summed E-state index contributed by atoms with van der Waals surface area (Å²) < 4.78 is 0. The summed E-state index contributed by atoms with van der Waals surface area (Å²) in [5.74, 6) is -1.06. The van der Waals surface area contributed by atoms with Crippen LogP contribution in [0.5, 0.6) is 0 Å². The summed E-state index contributed by atoms with van der Waals surface area (Å²) in [5, 5.41) is 28.0. The number of aliphatic hydroxyl groups excluding tert-OH is 2. The van der Waals surface area contributed by atoms with Gasteiger partial charge in [0.1, 0.15) is 0 Å². The van der Waals surface area contributed by atoms with Gasteiger partial charge in [0.15, 0.2) is 0 Å². The van der Waals surface area contributed by atoms with Crippen molar-refractivity contribution in [2.45, 2.75) is 12.2 Å². The van der Waals surface area contributed by atoms with Gasteiger partial charge in [-0.1, -0.05) is 0 Å². The van der Waals surface area contributed by atoms with Crippen LogP contribution in [-0.2, 0) is 0 Å². The van der Waals surface area contributed by atoms with E-state index < -0.39 is 18.2 Å². The number of carbonyl (C=O) groups is 1. The molecular formula is C11H14N2O4. The molecule has 0 saturated carbocycles. The molecule has 1 aromatic rings. The van der Waals surface area contributed by atoms with E-state index in [1.807, 2.05) is 0 Å². The van der Waals surface area contributed by atoms with Gasteiger partial charge >= 0.3 is 5.97 Å². The molecular weight excluding hydrogens is 224 g/mol. The molecule has 0 radical (unpaired) electrons. The topological polar surface area (TPSA) is 107 Å². The molecule has 0 aromatic heterocycles. The smallest absolute Gasteiger partial charge is 0.337 e. The number of nitrogen functional groups attached to an aromatic ring is 1. The van der Waals surface area contributed by atoms with E-state index in [9.17, 15) is 15.0 Å². The Morgan fingerprint density at radius 1 is 1.29 bits per heavy atom. The molecule has 0 bridgehead atoms. The Morgan fingerprint density at radius 3 is 2.41 bits per heavy atom. The van der Waals surface area contributed by atoms with Gasteiger partial charge in [0, 0.05) is 18.8 Å². The fraction of sp³-hybridized carbons (Fsp3) is 0.364. The number of aliphatic hydroxyl groups is 2. The highest BCUT2D eigenvalue weighted by Gasteiger charge is 2.31. The first-order valence-corrected chi connectivity index (χ1v) is 5.23. The van der Waals surface area contributed by atoms with Crippen molar-refractivity contribution >= 4 is 17.3 Å². The molecule has 1 saturated heterocycles. The van der Waals surface area contributed by atoms with Gasteiger partial charge in [-0.3, -0.25) is 0 Å². The summed E-state index contributed by atoms with van der Waals surface area (Å²) >= 11 is 0. The van der Waals surface area contributed by atoms with E-state index in [-0.39, 0.29) is 18.7 Å². The molecule has 1 aliphatic rings. The zero-order valence-corrected chi connectivity index (χ0v) is 9.08. The second-order valence-electron chi connectivity index (χ2n) is 4.12. The number of aromatic carboxylic acids is 1. The Labute approximate surface area is 97.9 Å². The first kappa shape index (κ1) is 11.7. The van der Waals surface area contributed by atoms with Crippen LogP contribution < -0.4 is 10.6 Å². The third-order valence-electron chi connectivity index (χ3n) is 2.85. The predicted molar refractivity (Wildman–Crippen MR) is 62.0 cm³/mol. The van der Waals surface area contributed by atoms with Gasteiger partial charge in [0.2, 0.25) is 0 Å². The molecule has 17 heavy (non-hydrogen) atoms. The molecule has 6 heteroatoms. The molecule has 1 heterocycles. The molecule has 92 valence electrons. The number of carboxylic acid groups (broad SMARTS) is 1. The highest BCUT2D eigenvalue weighted by molar-refractivity contribution is 5.95. The monoisotopic (exact) mass is 238 g/mol. The van der Waals surface area contributed by atoms with Crippen LogP contribution in [0.4, 0.5) is 11.4 Å². The van der Waals surface area contributed by atoms with Crippen LogP contribution in [0.1, 0.15) is 10.4 Å². The van der Waals surface area contributed by atoms with Crippen LogP contribution in [0, 0.1) is 0 Å². The largest absolute Gasteiger partial charge is 0.478 e. The predicted octanol–water partition coefficient (Wildman–Crippen LogP) is -0.491. The number of nitrogens with zero attached hydrogens (tertiary/aromatic N) is 1. The minimum Gasteiger partial charge on any atom is -0.478 e. The van der Waals surface area contributed by atoms with Gasteiger partial charge in [-0.15, -0.1) is 0 Å². The lowest BCUT2D eigenvalue weighted by molar-refractivity contribution is 0.0572. The van der Waals surface area contributed by atoms with Crippen molar-refractivity contribution in [2.75, 3.05) is 23.7 Å². The van der Waals surface area contributed by atoms with Crippen LogP contribution in [-0.4, -0.2) is 46.6 Å². The van der Waals surface area contributed by atoms with E-state index in [0.29, 0.717) is 11.4 Å². The number of anilines is 2. The van der Waals surface area contributed by atoms with E-state index in [0.717, 1.165) is 0 Å². The molecule has 0 aliphatic carbocycles. The highest BCUT2D eigenvalue weighted by Crippen LogP contribution is 2.27. The second-order valence-corrected chi connectivity index (χ2v) is 4.12. The van der Waals surface area contributed by atoms with Crippen LogP contribution in [0.15, 0.2) is 18.2 Å². The van der Waals surface area contributed by atoms with Crippen LogP contribution in [0.25, 0.3) is 0 Å². The quantitative estimate of drug-likeness (QED) is 0.518. The average molecular weight is 238 g/mol. The summed E-state index contributed by atoms with van der Waals surface area (Å²) in [7, 11) is 0. The van der Waals surface area contributed by atoms with Crippen molar-refractivity contribution in [2.24, 2.45) is 0 Å². The van der Waals surface area contributed by atoms with Crippen molar-refractivity contribution in [3.05, 3.63) is 23.8 Å². The van der Waals surface area contributed by atoms with E-state index in [1.165, 1.54) is 18.2 Å². The van der Waals surface area contributed by atoms with Crippen molar-refractivity contribution in [3.63, 3.8) is 0 Å². The Balaban J connectivity index is 2.37. The van der Waals surface area contributed by atoms with Gasteiger partial charge in [0.05, 0.1) is 23.5 Å². The van der Waals surface area contributed by atoms with Gasteiger partial charge in [0.25, 0.3) is 0 Å². The molecule has 2 rings (SSSR count). The number of hydrogen-bond acceptors (Lipinski definition) is 5. The maximum atomic E-state index is 11.1. The number of benzene rings is 1. The first-order valence-electron chi connectivity index (χ1n) is 5.23. The van der Waals surface area contributed by atoms with Crippen molar-refractivity contribution in [1.29, 1.82) is 0 Å². The summed E-state index contributed by atoms with van der Waals surface area (Å²) in [5.41, 5.74) is 6.60. The number of β-amino-alcohol motifs (C(OH)–C–C–N with tert-alkyl or cyclic N) is 2. The normalized spacial score (nSPS) is 24.0. The van der Waals surface area contributed by atoms with E-state index in [4.69, 9.17) is 10.8 Å². The maximum absolute atomic E-state index is 11.1. The average Bonchev–Trinajstić information content (AvgIpc) is 2.58. The van der Waals surface area contributed by atoms with Crippen LogP contribution in [0.3, 0.4) is 0 Å². The molecule has 1 aliphatic heterocycles. The zero-order valence-electron chi connectivity index (χ0n) is 9.08. The van der Waals surface area contributed by atoms with E-state index in [2.05, 4.69) is 0 Å². The lowest BCUT2D eigenvalue weighted by Crippen LogP contribution is -2.23. The lowest BCUT2D eigenvalue weighted by atomic mass is 10.1. The molecule has 0 amide bonds. The zero-order chi connectivity index (χ0) is 12.6. The molecule has 0 spiro atoms. The van der Waals surface area contributed by atoms with Crippen molar-refractivity contribution in [3.8, 4) is 0 Å². The highest BCUT2D eigenvalue weighted by atomic mass is 16.4. The van der Waals surface area contributed by atoms with Crippen LogP contribution in [0.2, 0.25) is 0 Å². The third-order valence-corrected chi connectivity index (χ3v) is 2.85. The van der Waals surface area contributed by atoms with Gasteiger partial charge in [-0.25, -0.2) is 4.79 Å². The Hall–Kier alpha value is -1.79. The fourth-order valence-electron chi connectivity index (χ4n) is 1.96. The van der Waals surface area contributed by atoms with Crippen LogP contribution >= 0.6 is 0 Å². The summed E-state index contributed by atoms with van der Waals surface area (Å²) in [6.07, 6.45) is -1.73. The summed E-state index contributed by atoms with van der Waals surface area (Å²) in [6, 6.07) is 4.47. The van der Waals surface area contributed by atoms with Gasteiger partial charge in [-0.2, -0.15) is 0 Å². The SMILES string of the molecule is Nc1ccc(C(=O)O)c(N2CC(O)C(O)C2)c1. The summed E-state index contributed by atoms with van der Waals surface area (Å²) in [6.45, 7) is 0.399. The Morgan fingerprint density at radius 2 is 1.88 bits per heavy atom. The summed E-state index contributed by atoms with van der Waals surface area (Å²) in [4.78, 5) is 12.7. The number of nitrogens with two attached hydrogens (primary N) is 1. The molecule has 2 atom stereocenters. The minimum absolute atomic E-state index is 0.112. The number of hydrogen-bond donors (Lipinski definition) is 4. The molecule has 1 aromatic carbocycles. The second kappa shape index (κ2) is 4.23.